The molecule has 7 nitrogen and oxygen atoms in total. The minimum absolute atomic E-state index is 0.0290. The van der Waals surface area contributed by atoms with Crippen LogP contribution in [-0.4, -0.2) is 31.3 Å². The highest BCUT2D eigenvalue weighted by atomic mass is 35.5. The van der Waals surface area contributed by atoms with E-state index < -0.39 is 16.0 Å². The van der Waals surface area contributed by atoms with Crippen molar-refractivity contribution in [2.75, 3.05) is 11.8 Å². The Morgan fingerprint density at radius 2 is 2.19 bits per heavy atom. The molecule has 27 heavy (non-hydrogen) atoms. The van der Waals surface area contributed by atoms with Crippen LogP contribution in [0.15, 0.2) is 34.5 Å². The van der Waals surface area contributed by atoms with Crippen LogP contribution in [0.3, 0.4) is 0 Å². The molecule has 0 unspecified atom stereocenters. The van der Waals surface area contributed by atoms with Crippen molar-refractivity contribution in [3.05, 3.63) is 39.7 Å². The van der Waals surface area contributed by atoms with Crippen molar-refractivity contribution >= 4 is 55.5 Å². The smallest absolute Gasteiger partial charge is 0.349 e. The van der Waals surface area contributed by atoms with Gasteiger partial charge in [-0.2, -0.15) is 5.10 Å². The molecule has 0 radical (unpaired) electrons. The number of nitrogens with zero attached hydrogens (tertiary/aromatic N) is 2. The number of fused-ring (bicyclic) bond motifs is 1. The van der Waals surface area contributed by atoms with Gasteiger partial charge in [-0.15, -0.1) is 11.3 Å². The Morgan fingerprint density at radius 1 is 1.41 bits per heavy atom. The van der Waals surface area contributed by atoms with Crippen molar-refractivity contribution in [3.63, 3.8) is 0 Å². The molecule has 0 aliphatic heterocycles. The molecular weight excluding hydrogens is 410 g/mol. The molecule has 0 bridgehead atoms. The summed E-state index contributed by atoms with van der Waals surface area (Å²) in [6.07, 6.45) is 2.39. The summed E-state index contributed by atoms with van der Waals surface area (Å²) in [4.78, 5) is 11.7. The minimum atomic E-state index is -3.95. The number of ether oxygens (including phenoxy) is 1. The summed E-state index contributed by atoms with van der Waals surface area (Å²) in [5.74, 6) is -0.0529. The lowest BCUT2D eigenvalue weighted by Gasteiger charge is -2.09. The van der Waals surface area contributed by atoms with Crippen molar-refractivity contribution in [1.29, 1.82) is 0 Å². The number of rotatable bonds is 6. The monoisotopic (exact) mass is 425 g/mol. The number of hydrogen-bond donors (Lipinski definition) is 1. The number of sulfonamides is 1. The third-order valence-electron chi connectivity index (χ3n) is 4.38. The van der Waals surface area contributed by atoms with E-state index in [1.165, 1.54) is 31.4 Å². The number of carbonyl (C=O) groups is 1. The second-order valence-corrected chi connectivity index (χ2v) is 9.28. The van der Waals surface area contributed by atoms with Crippen LogP contribution in [0.4, 0.5) is 5.69 Å². The van der Waals surface area contributed by atoms with Gasteiger partial charge in [0.05, 0.1) is 12.6 Å². The van der Waals surface area contributed by atoms with E-state index >= 15 is 0 Å². The van der Waals surface area contributed by atoms with E-state index in [2.05, 4.69) is 14.6 Å². The third kappa shape index (κ3) is 3.54. The van der Waals surface area contributed by atoms with Gasteiger partial charge in [-0.05, 0) is 48.4 Å². The Hall–Kier alpha value is -2.10. The normalized spacial score (nSPS) is 14.4. The Balaban J connectivity index is 1.66. The van der Waals surface area contributed by atoms with E-state index in [-0.39, 0.29) is 9.77 Å². The van der Waals surface area contributed by atoms with Gasteiger partial charge in [0.2, 0.25) is 0 Å². The molecule has 0 atom stereocenters. The number of hydrogen-bond acceptors (Lipinski definition) is 6. The predicted octanol–water partition coefficient (Wildman–Crippen LogP) is 3.75. The maximum atomic E-state index is 12.7. The zero-order valence-electron chi connectivity index (χ0n) is 14.3. The van der Waals surface area contributed by atoms with Crippen LogP contribution in [0.1, 0.15) is 22.5 Å². The first-order valence-electron chi connectivity index (χ1n) is 8.24. The molecule has 2 aromatic heterocycles. The Labute approximate surface area is 164 Å². The zero-order chi connectivity index (χ0) is 19.2. The fraction of sp³-hybridized carbons (Fsp3) is 0.294. The molecule has 1 aliphatic carbocycles. The van der Waals surface area contributed by atoms with E-state index in [0.717, 1.165) is 23.4 Å². The number of nitrogens with one attached hydrogen (secondary N) is 1. The topological polar surface area (TPSA) is 90.3 Å². The van der Waals surface area contributed by atoms with Gasteiger partial charge < -0.3 is 4.74 Å². The zero-order valence-corrected chi connectivity index (χ0v) is 16.7. The maximum Gasteiger partial charge on any atom is 0.349 e. The lowest BCUT2D eigenvalue weighted by atomic mass is 10.2. The maximum absolute atomic E-state index is 12.7. The van der Waals surface area contributed by atoms with Gasteiger partial charge >= 0.3 is 5.97 Å². The predicted molar refractivity (Wildman–Crippen MR) is 104 cm³/mol. The molecule has 3 aromatic rings. The number of aromatic nitrogens is 2. The Bertz CT molecular complexity index is 1130. The summed E-state index contributed by atoms with van der Waals surface area (Å²) < 4.78 is 34.4. The quantitative estimate of drug-likeness (QED) is 0.607. The van der Waals surface area contributed by atoms with Crippen molar-refractivity contribution in [2.45, 2.75) is 24.3 Å². The molecule has 0 spiro atoms. The second-order valence-electron chi connectivity index (χ2n) is 6.36. The number of thiophene rings is 1. The van der Waals surface area contributed by atoms with E-state index in [1.807, 2.05) is 4.68 Å². The molecule has 10 heteroatoms. The number of benzene rings is 1. The first kappa shape index (κ1) is 18.3. The molecule has 1 N–H and O–H groups in total. The van der Waals surface area contributed by atoms with Crippen LogP contribution < -0.4 is 4.72 Å². The van der Waals surface area contributed by atoms with Gasteiger partial charge in [-0.25, -0.2) is 13.2 Å². The molecule has 1 fully saturated rings. The summed E-state index contributed by atoms with van der Waals surface area (Å²) in [6, 6.07) is 6.48. The summed E-state index contributed by atoms with van der Waals surface area (Å²) in [7, 11) is -2.74. The van der Waals surface area contributed by atoms with Gasteiger partial charge in [0.15, 0.2) is 5.15 Å². The lowest BCUT2D eigenvalue weighted by molar-refractivity contribution is 0.0602. The minimum Gasteiger partial charge on any atom is -0.465 e. The third-order valence-corrected chi connectivity index (χ3v) is 7.10. The van der Waals surface area contributed by atoms with Crippen LogP contribution >= 0.6 is 22.9 Å². The molecule has 1 aromatic carbocycles. The van der Waals surface area contributed by atoms with Crippen molar-refractivity contribution < 1.29 is 17.9 Å². The fourth-order valence-corrected chi connectivity index (χ4v) is 5.48. The summed E-state index contributed by atoms with van der Waals surface area (Å²) in [5, 5.41) is 6.89. The Kier molecular flexibility index (Phi) is 4.61. The molecule has 0 amide bonds. The average molecular weight is 426 g/mol. The highest BCUT2D eigenvalue weighted by Crippen LogP contribution is 2.34. The SMILES string of the molecule is COC(=O)c1sccc1S(=O)(=O)Nc1ccc2c(c1)c(Cl)nn2CC1CC1. The van der Waals surface area contributed by atoms with E-state index in [4.69, 9.17) is 11.6 Å². The first-order valence-corrected chi connectivity index (χ1v) is 11.0. The van der Waals surface area contributed by atoms with Gasteiger partial charge in [-0.1, -0.05) is 11.6 Å². The van der Waals surface area contributed by atoms with Crippen molar-refractivity contribution in [2.24, 2.45) is 5.92 Å². The van der Waals surface area contributed by atoms with Crippen molar-refractivity contribution in [1.82, 2.24) is 9.78 Å². The van der Waals surface area contributed by atoms with E-state index in [1.54, 1.807) is 18.2 Å². The van der Waals surface area contributed by atoms with Crippen LogP contribution in [0.2, 0.25) is 5.15 Å². The van der Waals surface area contributed by atoms with Gasteiger partial charge in [0.1, 0.15) is 9.77 Å². The van der Waals surface area contributed by atoms with E-state index in [9.17, 15) is 13.2 Å². The number of anilines is 1. The Morgan fingerprint density at radius 3 is 2.89 bits per heavy atom. The number of halogens is 1. The first-order chi connectivity index (χ1) is 12.9. The molecule has 4 rings (SSSR count). The number of methoxy groups -OCH3 is 1. The molecule has 2 heterocycles. The highest BCUT2D eigenvalue weighted by molar-refractivity contribution is 7.93. The molecular formula is C17H16ClN3O4S2. The summed E-state index contributed by atoms with van der Waals surface area (Å²) >= 11 is 7.25. The lowest BCUT2D eigenvalue weighted by Crippen LogP contribution is -2.15. The second kappa shape index (κ2) is 6.81. The fourth-order valence-electron chi connectivity index (χ4n) is 2.85. The largest absolute Gasteiger partial charge is 0.465 e. The van der Waals surface area contributed by atoms with Gasteiger partial charge in [0, 0.05) is 17.6 Å². The number of carbonyl (C=O) groups excluding carboxylic acids is 1. The van der Waals surface area contributed by atoms with E-state index in [0.29, 0.717) is 22.1 Å². The standard InChI is InChI=1S/C17H16ClN3O4S2/c1-25-17(22)15-14(6-7-26-15)27(23,24)20-11-4-5-13-12(8-11)16(18)19-21(13)9-10-2-3-10/h4-8,10,20H,2-3,9H2,1H3. The highest BCUT2D eigenvalue weighted by Gasteiger charge is 2.26. The summed E-state index contributed by atoms with van der Waals surface area (Å²) in [5.41, 5.74) is 1.21. The molecule has 1 aliphatic rings. The molecule has 1 saturated carbocycles. The van der Waals surface area contributed by atoms with Crippen LogP contribution in [0.25, 0.3) is 10.9 Å². The number of esters is 1. The van der Waals surface area contributed by atoms with Crippen LogP contribution in [0, 0.1) is 5.92 Å². The molecule has 0 saturated heterocycles. The van der Waals surface area contributed by atoms with Gasteiger partial charge in [-0.3, -0.25) is 9.40 Å². The van der Waals surface area contributed by atoms with Crippen LogP contribution in [0.5, 0.6) is 0 Å². The van der Waals surface area contributed by atoms with Crippen LogP contribution in [-0.2, 0) is 21.3 Å². The van der Waals surface area contributed by atoms with Gasteiger partial charge in [0.25, 0.3) is 10.0 Å². The van der Waals surface area contributed by atoms with Crippen molar-refractivity contribution in [3.8, 4) is 0 Å². The summed E-state index contributed by atoms with van der Waals surface area (Å²) in [6.45, 7) is 0.811. The molecule has 142 valence electrons. The average Bonchev–Trinajstić information content (AvgIpc) is 3.20.